The van der Waals surface area contributed by atoms with Gasteiger partial charge in [-0.05, 0) is 36.4 Å². The summed E-state index contributed by atoms with van der Waals surface area (Å²) in [4.78, 5) is 16.2. The molecule has 0 unspecified atom stereocenters. The van der Waals surface area contributed by atoms with Crippen LogP contribution in [0.4, 0.5) is 17.2 Å². The van der Waals surface area contributed by atoms with Gasteiger partial charge < -0.3 is 15.4 Å². The standard InChI is InChI=1S/C18H16N6O2/c1-26-16-7-5-13(6-8-16)23-18(25)12-24-11-15(10-20-24)22-17-4-2-3-14(9-19)21-17/h2-8,10-11H,12H2,1H3,(H,21,22)(H,23,25). The number of amides is 1. The van der Waals surface area contributed by atoms with E-state index in [1.54, 1.807) is 62.0 Å². The summed E-state index contributed by atoms with van der Waals surface area (Å²) in [6.07, 6.45) is 3.27. The number of carbonyl (C=O) groups is 1. The SMILES string of the molecule is COc1ccc(NC(=O)Cn2cc(Nc3cccc(C#N)n3)cn2)cc1. The lowest BCUT2D eigenvalue weighted by atomic mass is 10.3. The summed E-state index contributed by atoms with van der Waals surface area (Å²) in [5.41, 5.74) is 1.67. The maximum atomic E-state index is 12.1. The molecule has 2 N–H and O–H groups in total. The Morgan fingerprint density at radius 3 is 2.77 bits per heavy atom. The first-order valence-corrected chi connectivity index (χ1v) is 7.77. The minimum Gasteiger partial charge on any atom is -0.497 e. The molecule has 8 heteroatoms. The van der Waals surface area contributed by atoms with Crippen molar-refractivity contribution >= 4 is 23.1 Å². The van der Waals surface area contributed by atoms with Crippen molar-refractivity contribution in [1.29, 1.82) is 5.26 Å². The zero-order valence-corrected chi connectivity index (χ0v) is 14.0. The van der Waals surface area contributed by atoms with Crippen molar-refractivity contribution in [3.63, 3.8) is 0 Å². The third-order valence-corrected chi connectivity index (χ3v) is 3.45. The molecule has 8 nitrogen and oxygen atoms in total. The van der Waals surface area contributed by atoms with Gasteiger partial charge in [0, 0.05) is 11.9 Å². The van der Waals surface area contributed by atoms with Gasteiger partial charge in [-0.2, -0.15) is 10.4 Å². The van der Waals surface area contributed by atoms with Crippen LogP contribution in [0.15, 0.2) is 54.9 Å². The minimum atomic E-state index is -0.200. The number of pyridine rings is 1. The van der Waals surface area contributed by atoms with Crippen molar-refractivity contribution in [2.75, 3.05) is 17.7 Å². The Labute approximate surface area is 150 Å². The smallest absolute Gasteiger partial charge is 0.246 e. The van der Waals surface area contributed by atoms with Crippen LogP contribution >= 0.6 is 0 Å². The molecule has 0 radical (unpaired) electrons. The predicted octanol–water partition coefficient (Wildman–Crippen LogP) is 2.54. The lowest BCUT2D eigenvalue weighted by molar-refractivity contribution is -0.116. The topological polar surface area (TPSA) is 105 Å². The highest BCUT2D eigenvalue weighted by atomic mass is 16.5. The summed E-state index contributed by atoms with van der Waals surface area (Å²) < 4.78 is 6.59. The Kier molecular flexibility index (Phi) is 5.10. The highest BCUT2D eigenvalue weighted by Crippen LogP contribution is 2.16. The fourth-order valence-electron chi connectivity index (χ4n) is 2.25. The molecule has 26 heavy (non-hydrogen) atoms. The number of hydrogen-bond acceptors (Lipinski definition) is 6. The van der Waals surface area contributed by atoms with Gasteiger partial charge in [0.1, 0.15) is 29.9 Å². The van der Waals surface area contributed by atoms with Crippen molar-refractivity contribution in [1.82, 2.24) is 14.8 Å². The van der Waals surface area contributed by atoms with Gasteiger partial charge in [-0.25, -0.2) is 4.98 Å². The highest BCUT2D eigenvalue weighted by molar-refractivity contribution is 5.90. The van der Waals surface area contributed by atoms with Crippen molar-refractivity contribution in [2.45, 2.75) is 6.54 Å². The van der Waals surface area contributed by atoms with Gasteiger partial charge >= 0.3 is 0 Å². The number of rotatable bonds is 6. The maximum absolute atomic E-state index is 12.1. The van der Waals surface area contributed by atoms with Crippen LogP contribution in [0.1, 0.15) is 5.69 Å². The van der Waals surface area contributed by atoms with Crippen molar-refractivity contribution in [2.24, 2.45) is 0 Å². The van der Waals surface area contributed by atoms with Crippen LogP contribution in [0.25, 0.3) is 0 Å². The van der Waals surface area contributed by atoms with Crippen molar-refractivity contribution in [3.05, 3.63) is 60.6 Å². The Bertz CT molecular complexity index is 943. The number of aromatic nitrogens is 3. The molecule has 0 spiro atoms. The van der Waals surface area contributed by atoms with Crippen LogP contribution in [0.2, 0.25) is 0 Å². The van der Waals surface area contributed by atoms with Crippen LogP contribution in [0.3, 0.4) is 0 Å². The average molecular weight is 348 g/mol. The quantitative estimate of drug-likeness (QED) is 0.709. The molecule has 130 valence electrons. The van der Waals surface area contributed by atoms with Crippen LogP contribution in [0, 0.1) is 11.3 Å². The summed E-state index contributed by atoms with van der Waals surface area (Å²) in [7, 11) is 1.59. The summed E-state index contributed by atoms with van der Waals surface area (Å²) in [6, 6.07) is 14.2. The van der Waals surface area contributed by atoms with Crippen LogP contribution in [0.5, 0.6) is 5.75 Å². The Morgan fingerprint density at radius 1 is 1.23 bits per heavy atom. The molecular weight excluding hydrogens is 332 g/mol. The molecule has 1 aromatic carbocycles. The number of benzene rings is 1. The van der Waals surface area contributed by atoms with E-state index in [2.05, 4.69) is 20.7 Å². The van der Waals surface area contributed by atoms with Gasteiger partial charge in [-0.1, -0.05) is 6.07 Å². The monoisotopic (exact) mass is 348 g/mol. The minimum absolute atomic E-state index is 0.0688. The molecule has 1 amide bonds. The fraction of sp³-hybridized carbons (Fsp3) is 0.111. The van der Waals surface area contributed by atoms with E-state index < -0.39 is 0 Å². The molecule has 3 aromatic rings. The van der Waals surface area contributed by atoms with E-state index in [1.807, 2.05) is 6.07 Å². The number of nitrogens with one attached hydrogen (secondary N) is 2. The van der Waals surface area contributed by atoms with E-state index in [-0.39, 0.29) is 12.5 Å². The fourth-order valence-corrected chi connectivity index (χ4v) is 2.25. The molecule has 0 saturated carbocycles. The van der Waals surface area contributed by atoms with Gasteiger partial charge in [0.2, 0.25) is 5.91 Å². The third kappa shape index (κ3) is 4.36. The molecule has 2 aromatic heterocycles. The van der Waals surface area contributed by atoms with E-state index in [1.165, 1.54) is 4.68 Å². The molecule has 0 bridgehead atoms. The first-order chi connectivity index (χ1) is 12.7. The summed E-state index contributed by atoms with van der Waals surface area (Å²) in [5, 5.41) is 18.9. The number of carbonyl (C=O) groups excluding carboxylic acids is 1. The Balaban J connectivity index is 1.58. The molecule has 0 aliphatic carbocycles. The molecule has 0 saturated heterocycles. The number of ether oxygens (including phenoxy) is 1. The Hall–Kier alpha value is -3.86. The van der Waals surface area contributed by atoms with Crippen LogP contribution in [-0.4, -0.2) is 27.8 Å². The second kappa shape index (κ2) is 7.81. The first kappa shape index (κ1) is 17.0. The largest absolute Gasteiger partial charge is 0.497 e. The van der Waals surface area contributed by atoms with Gasteiger partial charge in [0.25, 0.3) is 0 Å². The average Bonchev–Trinajstić information content (AvgIpc) is 3.09. The zero-order valence-electron chi connectivity index (χ0n) is 14.0. The van der Waals surface area contributed by atoms with E-state index in [0.717, 1.165) is 5.75 Å². The predicted molar refractivity (Wildman–Crippen MR) is 96.1 cm³/mol. The van der Waals surface area contributed by atoms with Crippen molar-refractivity contribution < 1.29 is 9.53 Å². The Morgan fingerprint density at radius 2 is 2.04 bits per heavy atom. The second-order valence-corrected chi connectivity index (χ2v) is 5.35. The molecule has 0 atom stereocenters. The van der Waals surface area contributed by atoms with Gasteiger partial charge in [0.15, 0.2) is 0 Å². The lowest BCUT2D eigenvalue weighted by Gasteiger charge is -2.06. The molecule has 2 heterocycles. The number of anilines is 3. The number of nitriles is 1. The molecule has 0 aliphatic rings. The van der Waals surface area contributed by atoms with Crippen LogP contribution < -0.4 is 15.4 Å². The summed E-state index contributed by atoms with van der Waals surface area (Å²) >= 11 is 0. The molecule has 0 fully saturated rings. The van der Waals surface area contributed by atoms with Crippen molar-refractivity contribution in [3.8, 4) is 11.8 Å². The lowest BCUT2D eigenvalue weighted by Crippen LogP contribution is -2.18. The molecular formula is C18H16N6O2. The summed E-state index contributed by atoms with van der Waals surface area (Å²) in [6.45, 7) is 0.0688. The summed E-state index contributed by atoms with van der Waals surface area (Å²) in [5.74, 6) is 1.06. The van der Waals surface area contributed by atoms with E-state index in [0.29, 0.717) is 22.9 Å². The number of nitrogens with zero attached hydrogens (tertiary/aromatic N) is 4. The molecule has 0 aliphatic heterocycles. The van der Waals surface area contributed by atoms with E-state index in [4.69, 9.17) is 10.00 Å². The number of methoxy groups -OCH3 is 1. The van der Waals surface area contributed by atoms with Crippen LogP contribution in [-0.2, 0) is 11.3 Å². The van der Waals surface area contributed by atoms with Gasteiger partial charge in [-0.15, -0.1) is 0 Å². The molecule has 3 rings (SSSR count). The maximum Gasteiger partial charge on any atom is 0.246 e. The second-order valence-electron chi connectivity index (χ2n) is 5.35. The zero-order chi connectivity index (χ0) is 18.4. The first-order valence-electron chi connectivity index (χ1n) is 7.77. The van der Waals surface area contributed by atoms with Gasteiger partial charge in [-0.3, -0.25) is 9.48 Å². The third-order valence-electron chi connectivity index (χ3n) is 3.45. The highest BCUT2D eigenvalue weighted by Gasteiger charge is 2.07. The van der Waals surface area contributed by atoms with Gasteiger partial charge in [0.05, 0.1) is 19.0 Å². The van der Waals surface area contributed by atoms with E-state index >= 15 is 0 Å². The number of hydrogen-bond donors (Lipinski definition) is 2. The van der Waals surface area contributed by atoms with E-state index in [9.17, 15) is 4.79 Å². The normalized spacial score (nSPS) is 10.0.